The van der Waals surface area contributed by atoms with E-state index in [1.165, 1.54) is 14.7 Å². The number of amides is 4. The van der Waals surface area contributed by atoms with Crippen LogP contribution in [0.3, 0.4) is 0 Å². The van der Waals surface area contributed by atoms with Gasteiger partial charge in [0.05, 0.1) is 28.5 Å². The Morgan fingerprint density at radius 2 is 1.52 bits per heavy atom. The van der Waals surface area contributed by atoms with Crippen LogP contribution in [-0.2, 0) is 20.0 Å². The molecule has 0 bridgehead atoms. The minimum atomic E-state index is -1.93. The van der Waals surface area contributed by atoms with Crippen molar-refractivity contribution >= 4 is 46.7 Å². The fourth-order valence-corrected chi connectivity index (χ4v) is 7.62. The zero-order valence-corrected chi connectivity index (χ0v) is 28.9. The monoisotopic (exact) mass is 659 g/mol. The number of anilines is 3. The third-order valence-corrected chi connectivity index (χ3v) is 9.54. The van der Waals surface area contributed by atoms with Crippen LogP contribution in [0.15, 0.2) is 72.8 Å². The summed E-state index contributed by atoms with van der Waals surface area (Å²) in [6, 6.07) is 18.8. The van der Waals surface area contributed by atoms with Crippen LogP contribution in [0.25, 0.3) is 0 Å². The molecule has 4 heterocycles. The molecule has 0 radical (unpaired) electrons. The van der Waals surface area contributed by atoms with Crippen molar-refractivity contribution in [3.05, 3.63) is 89.5 Å². The Balaban J connectivity index is 0.00000401. The molecule has 12 nitrogen and oxygen atoms in total. The minimum absolute atomic E-state index is 0. The maximum absolute atomic E-state index is 14.1. The Labute approximate surface area is 299 Å². The van der Waals surface area contributed by atoms with Crippen molar-refractivity contribution in [3.8, 4) is 0 Å². The molecule has 4 aliphatic heterocycles. The van der Waals surface area contributed by atoms with E-state index in [1.54, 1.807) is 72.8 Å². The molecule has 48 heavy (non-hydrogen) atoms. The zero-order valence-electron chi connectivity index (χ0n) is 26.9. The van der Waals surface area contributed by atoms with Gasteiger partial charge in [0.15, 0.2) is 0 Å². The summed E-state index contributed by atoms with van der Waals surface area (Å²) in [4.78, 5) is 71.5. The van der Waals surface area contributed by atoms with Crippen LogP contribution < -0.4 is 55.1 Å². The molecule has 1 saturated heterocycles. The van der Waals surface area contributed by atoms with Gasteiger partial charge in [-0.15, -0.1) is 0 Å². The van der Waals surface area contributed by atoms with Crippen LogP contribution in [0.1, 0.15) is 65.8 Å². The Morgan fingerprint density at radius 3 is 2.23 bits per heavy atom. The first kappa shape index (κ1) is 33.7. The van der Waals surface area contributed by atoms with E-state index in [0.717, 1.165) is 0 Å². The molecule has 242 valence electrons. The average Bonchev–Trinajstić information content (AvgIpc) is 3.43. The molecule has 0 saturated carbocycles. The van der Waals surface area contributed by atoms with Crippen molar-refractivity contribution in [2.24, 2.45) is 5.92 Å². The van der Waals surface area contributed by atoms with E-state index >= 15 is 0 Å². The third-order valence-electron chi connectivity index (χ3n) is 9.54. The maximum Gasteiger partial charge on any atom is 1.00 e. The van der Waals surface area contributed by atoms with E-state index < -0.39 is 60.6 Å². The second kappa shape index (κ2) is 12.7. The first-order valence-corrected chi connectivity index (χ1v) is 15.8. The van der Waals surface area contributed by atoms with E-state index in [0.29, 0.717) is 34.6 Å². The number of carboxylic acid groups (broad SMARTS) is 1. The summed E-state index contributed by atoms with van der Waals surface area (Å²) in [7, 11) is 0. The minimum Gasteiger partial charge on any atom is -0.550 e. The molecule has 7 rings (SSSR count). The number of carbonyl (C=O) groups is 5. The van der Waals surface area contributed by atoms with Gasteiger partial charge < -0.3 is 30.5 Å². The predicted octanol–water partition coefficient (Wildman–Crippen LogP) is -1.06. The van der Waals surface area contributed by atoms with E-state index in [1.807, 2.05) is 13.8 Å². The normalized spacial score (nSPS) is 25.2. The first-order valence-electron chi connectivity index (χ1n) is 15.8. The van der Waals surface area contributed by atoms with E-state index in [2.05, 4.69) is 10.6 Å². The Morgan fingerprint density at radius 1 is 0.875 bits per heavy atom. The quantitative estimate of drug-likeness (QED) is 0.271. The second-order valence-corrected chi connectivity index (χ2v) is 13.0. The van der Waals surface area contributed by atoms with Gasteiger partial charge in [-0.05, 0) is 49.1 Å². The zero-order chi connectivity index (χ0) is 33.2. The molecule has 3 N–H and O–H groups in total. The van der Waals surface area contributed by atoms with Crippen LogP contribution in [-0.4, -0.2) is 64.0 Å². The number of hydrogen-bond acceptors (Lipinski definition) is 8. The Kier molecular flexibility index (Phi) is 8.88. The number of hydrogen-bond donors (Lipinski definition) is 3. The van der Waals surface area contributed by atoms with Crippen molar-refractivity contribution in [1.82, 2.24) is 10.2 Å². The Bertz CT molecular complexity index is 1830. The van der Waals surface area contributed by atoms with Gasteiger partial charge in [0, 0.05) is 30.1 Å². The number of carbonyl (C=O) groups excluding carboxylic acids is 5. The van der Waals surface area contributed by atoms with Gasteiger partial charge in [0.25, 0.3) is 17.7 Å². The van der Waals surface area contributed by atoms with Crippen LogP contribution in [0, 0.1) is 5.92 Å². The number of aliphatic carboxylic acids is 1. The van der Waals surface area contributed by atoms with Gasteiger partial charge in [-0.2, -0.15) is 0 Å². The third kappa shape index (κ3) is 5.27. The fraction of sp³-hybridized carbons (Fsp3) is 0.343. The molecule has 3 aromatic carbocycles. The molecule has 5 atom stereocenters. The maximum atomic E-state index is 14.1. The molecule has 13 heteroatoms. The number of carboxylic acids is 1. The summed E-state index contributed by atoms with van der Waals surface area (Å²) in [5.41, 5.74) is 0.530. The number of nitrogens with zero attached hydrogens (tertiary/aromatic N) is 3. The first-order chi connectivity index (χ1) is 22.5. The summed E-state index contributed by atoms with van der Waals surface area (Å²) < 4.78 is 0. The summed E-state index contributed by atoms with van der Waals surface area (Å²) in [6.07, 6.45) is -2.97. The van der Waals surface area contributed by atoms with Crippen molar-refractivity contribution in [2.75, 3.05) is 15.1 Å². The number of nitrogens with one attached hydrogen (secondary N) is 2. The molecule has 1 fully saturated rings. The molecule has 1 unspecified atom stereocenters. The van der Waals surface area contributed by atoms with E-state index in [4.69, 9.17) is 0 Å². The number of aliphatic hydroxyl groups is 1. The van der Waals surface area contributed by atoms with Crippen molar-refractivity contribution < 1.29 is 63.7 Å². The largest absolute Gasteiger partial charge is 1.00 e. The van der Waals surface area contributed by atoms with Gasteiger partial charge in [0.2, 0.25) is 5.91 Å². The Hall–Kier alpha value is -4.23. The van der Waals surface area contributed by atoms with Gasteiger partial charge in [-0.1, -0.05) is 56.3 Å². The summed E-state index contributed by atoms with van der Waals surface area (Å²) in [5.74, 6) is -3.17. The van der Waals surface area contributed by atoms with E-state index in [-0.39, 0.29) is 59.3 Å². The van der Waals surface area contributed by atoms with Crippen molar-refractivity contribution in [2.45, 2.75) is 69.5 Å². The molecule has 0 spiro atoms. The fourth-order valence-electron chi connectivity index (χ4n) is 7.62. The van der Waals surface area contributed by atoms with Gasteiger partial charge >= 0.3 is 29.6 Å². The molecule has 4 amide bonds. The van der Waals surface area contributed by atoms with Crippen molar-refractivity contribution in [3.63, 3.8) is 0 Å². The van der Waals surface area contributed by atoms with E-state index in [9.17, 15) is 34.2 Å². The summed E-state index contributed by atoms with van der Waals surface area (Å²) in [6.45, 7) is 3.83. The van der Waals surface area contributed by atoms with Gasteiger partial charge in [-0.3, -0.25) is 29.0 Å². The molecule has 3 aromatic rings. The molecular formula is C35H34N5NaO7. The second-order valence-electron chi connectivity index (χ2n) is 13.0. The van der Waals surface area contributed by atoms with Gasteiger partial charge in [-0.25, -0.2) is 0 Å². The van der Waals surface area contributed by atoms with Crippen LogP contribution in [0.2, 0.25) is 0 Å². The number of fused-ring (bicyclic) bond motifs is 7. The number of benzene rings is 3. The molecule has 4 aliphatic rings. The van der Waals surface area contributed by atoms with Crippen LogP contribution in [0.5, 0.6) is 0 Å². The SMILES string of the molecule is CC(C)C[C@H]1C(=O)N2c3ccccc3[C@@](O)(C[C@@H]3NC(=O)c4ccccc4N4C(=O)c5ccccc5NC34)[C@H]2N1C(=O)CCC(=O)[O-].[Na+]. The average molecular weight is 660 g/mol. The summed E-state index contributed by atoms with van der Waals surface area (Å²) >= 11 is 0. The van der Waals surface area contributed by atoms with Crippen LogP contribution in [0.4, 0.5) is 17.1 Å². The molecule has 0 aliphatic carbocycles. The molecular weight excluding hydrogens is 625 g/mol. The van der Waals surface area contributed by atoms with Gasteiger partial charge in [0.1, 0.15) is 24.0 Å². The summed E-state index contributed by atoms with van der Waals surface area (Å²) in [5, 5.41) is 30.8. The topological polar surface area (TPSA) is 162 Å². The smallest absolute Gasteiger partial charge is 0.550 e. The standard InChI is InChI=1S/C35H35N5O7.Na/c1-19(2)17-27-33(46)40-26-14-8-5-11-22(26)35(47,34(40)38(27)28(41)15-16-29(42)43)18-24-30-36-23-12-6-3-9-20(23)32(45)39(30)25-13-7-4-10-21(25)31(44)37-24;/h3-14,19,24,27,30,34,36,47H,15-18H2,1-2H3,(H,37,44)(H,42,43);/q;+1/p-1/t24-,27-,30?,34-,35-;/m0./s1. The molecule has 0 aromatic heterocycles. The number of para-hydroxylation sites is 3. The predicted molar refractivity (Wildman–Crippen MR) is 169 cm³/mol. The van der Waals surface area contributed by atoms with Crippen molar-refractivity contribution in [1.29, 1.82) is 0 Å². The number of rotatable bonds is 7. The van der Waals surface area contributed by atoms with Crippen LogP contribution >= 0.6 is 0 Å².